The van der Waals surface area contributed by atoms with Gasteiger partial charge in [0, 0.05) is 5.54 Å². The Hall–Kier alpha value is -1.88. The minimum Gasteiger partial charge on any atom is -0.408 e. The molecule has 0 unspecified atom stereocenters. The molecule has 0 heterocycles. The first-order chi connectivity index (χ1) is 9.54. The van der Waals surface area contributed by atoms with E-state index < -0.39 is 11.6 Å². The number of hydrazine groups is 1. The molecule has 0 fully saturated rings. The quantitative estimate of drug-likeness (QED) is 0.685. The zero-order chi connectivity index (χ0) is 16.3. The van der Waals surface area contributed by atoms with Gasteiger partial charge in [0.15, 0.2) is 6.29 Å². The fourth-order valence-corrected chi connectivity index (χ4v) is 1.63. The van der Waals surface area contributed by atoms with Crippen LogP contribution in [0.5, 0.6) is 5.75 Å². The number of ether oxygens (including phenoxy) is 1. The van der Waals surface area contributed by atoms with Crippen molar-refractivity contribution in [1.82, 2.24) is 10.4 Å². The van der Waals surface area contributed by atoms with Gasteiger partial charge in [0.05, 0.1) is 11.1 Å². The zero-order valence-corrected chi connectivity index (χ0v) is 13.6. The highest BCUT2D eigenvalue weighted by Crippen LogP contribution is 2.20. The molecule has 1 N–H and O–H groups in total. The predicted molar refractivity (Wildman–Crippen MR) is 82.3 cm³/mol. The minimum atomic E-state index is -0.549. The first kappa shape index (κ1) is 17.2. The highest BCUT2D eigenvalue weighted by molar-refractivity contribution is 5.82. The normalized spacial score (nSPS) is 11.9. The van der Waals surface area contributed by atoms with Crippen LogP contribution in [0.25, 0.3) is 0 Å². The maximum Gasteiger partial charge on any atom is 0.430 e. The molecule has 0 spiro atoms. The highest BCUT2D eigenvalue weighted by atomic mass is 16.6. The Bertz CT molecular complexity index is 513. The molecule has 1 aromatic rings. The summed E-state index contributed by atoms with van der Waals surface area (Å²) < 4.78 is 5.36. The monoisotopic (exact) mass is 292 g/mol. The third kappa shape index (κ3) is 5.19. The number of nitrogens with one attached hydrogen (secondary N) is 1. The summed E-state index contributed by atoms with van der Waals surface area (Å²) in [6.45, 7) is 11.6. The standard InChI is InChI=1S/C16H24N2O3/c1-15(2,3)17-18(16(4,5)6)14(20)21-13-10-8-7-9-12(13)11-19/h7-11,17H,1-6H3. The molecule has 1 rings (SSSR count). The molecule has 0 radical (unpaired) electrons. The molecule has 21 heavy (non-hydrogen) atoms. The third-order valence-electron chi connectivity index (χ3n) is 2.54. The number of nitrogens with zero attached hydrogens (tertiary/aromatic N) is 1. The van der Waals surface area contributed by atoms with Gasteiger partial charge in [-0.15, -0.1) is 0 Å². The predicted octanol–water partition coefficient (Wildman–Crippen LogP) is 3.40. The number of hydrogen-bond donors (Lipinski definition) is 1. The van der Waals surface area contributed by atoms with Gasteiger partial charge in [0.2, 0.25) is 0 Å². The van der Waals surface area contributed by atoms with Crippen molar-refractivity contribution in [2.45, 2.75) is 52.6 Å². The second-order valence-electron chi connectivity index (χ2n) is 6.89. The fraction of sp³-hybridized carbons (Fsp3) is 0.500. The van der Waals surface area contributed by atoms with Gasteiger partial charge >= 0.3 is 6.09 Å². The van der Waals surface area contributed by atoms with Gasteiger partial charge in [-0.3, -0.25) is 4.79 Å². The van der Waals surface area contributed by atoms with Crippen LogP contribution in [-0.4, -0.2) is 28.5 Å². The Morgan fingerprint density at radius 2 is 1.71 bits per heavy atom. The van der Waals surface area contributed by atoms with Crippen LogP contribution in [0.15, 0.2) is 24.3 Å². The van der Waals surface area contributed by atoms with Crippen LogP contribution >= 0.6 is 0 Å². The summed E-state index contributed by atoms with van der Waals surface area (Å²) in [6.07, 6.45) is 0.119. The number of hydrogen-bond acceptors (Lipinski definition) is 4. The zero-order valence-electron chi connectivity index (χ0n) is 13.6. The summed E-state index contributed by atoms with van der Waals surface area (Å²) >= 11 is 0. The summed E-state index contributed by atoms with van der Waals surface area (Å²) in [5.74, 6) is 0.252. The number of para-hydroxylation sites is 1. The first-order valence-electron chi connectivity index (χ1n) is 6.88. The summed E-state index contributed by atoms with van der Waals surface area (Å²) in [4.78, 5) is 23.4. The Labute approximate surface area is 126 Å². The van der Waals surface area contributed by atoms with E-state index in [-0.39, 0.29) is 11.3 Å². The van der Waals surface area contributed by atoms with Crippen LogP contribution in [0.2, 0.25) is 0 Å². The van der Waals surface area contributed by atoms with Crippen molar-refractivity contribution in [1.29, 1.82) is 0 Å². The second-order valence-corrected chi connectivity index (χ2v) is 6.89. The van der Waals surface area contributed by atoms with Crippen molar-refractivity contribution in [3.8, 4) is 5.75 Å². The molecule has 5 heteroatoms. The largest absolute Gasteiger partial charge is 0.430 e. The van der Waals surface area contributed by atoms with Crippen molar-refractivity contribution >= 4 is 12.4 Å². The average molecular weight is 292 g/mol. The highest BCUT2D eigenvalue weighted by Gasteiger charge is 2.31. The van der Waals surface area contributed by atoms with E-state index in [4.69, 9.17) is 4.74 Å². The molecule has 0 bridgehead atoms. The van der Waals surface area contributed by atoms with Crippen molar-refractivity contribution in [2.75, 3.05) is 0 Å². The molecule has 0 saturated carbocycles. The minimum absolute atomic E-state index is 0.252. The van der Waals surface area contributed by atoms with E-state index >= 15 is 0 Å². The molecule has 116 valence electrons. The van der Waals surface area contributed by atoms with Gasteiger partial charge < -0.3 is 4.74 Å². The fourth-order valence-electron chi connectivity index (χ4n) is 1.63. The van der Waals surface area contributed by atoms with E-state index in [9.17, 15) is 9.59 Å². The number of carbonyl (C=O) groups is 2. The molecule has 0 aliphatic heterocycles. The summed E-state index contributed by atoms with van der Waals surface area (Å²) in [5.41, 5.74) is 2.70. The van der Waals surface area contributed by atoms with E-state index in [1.54, 1.807) is 24.3 Å². The molecule has 0 aliphatic carbocycles. The molecular weight excluding hydrogens is 268 g/mol. The molecule has 0 aliphatic rings. The Morgan fingerprint density at radius 1 is 1.14 bits per heavy atom. The number of aldehydes is 1. The average Bonchev–Trinajstić information content (AvgIpc) is 2.34. The second kappa shape index (κ2) is 6.26. The van der Waals surface area contributed by atoms with E-state index in [2.05, 4.69) is 5.43 Å². The van der Waals surface area contributed by atoms with Crippen LogP contribution in [0.1, 0.15) is 51.9 Å². The van der Waals surface area contributed by atoms with Crippen LogP contribution < -0.4 is 10.2 Å². The van der Waals surface area contributed by atoms with Crippen LogP contribution in [0, 0.1) is 0 Å². The number of carbonyl (C=O) groups excluding carboxylic acids is 2. The van der Waals surface area contributed by atoms with Gasteiger partial charge in [0.25, 0.3) is 0 Å². The van der Waals surface area contributed by atoms with Gasteiger partial charge in [0.1, 0.15) is 5.75 Å². The topological polar surface area (TPSA) is 58.6 Å². The molecular formula is C16H24N2O3. The molecule has 0 aromatic heterocycles. The lowest BCUT2D eigenvalue weighted by atomic mass is 10.1. The summed E-state index contributed by atoms with van der Waals surface area (Å²) in [6, 6.07) is 6.64. The summed E-state index contributed by atoms with van der Waals surface area (Å²) in [5, 5.41) is 1.44. The van der Waals surface area contributed by atoms with Gasteiger partial charge in [-0.2, -0.15) is 0 Å². The van der Waals surface area contributed by atoms with Crippen LogP contribution in [0.3, 0.4) is 0 Å². The number of benzene rings is 1. The van der Waals surface area contributed by atoms with Crippen molar-refractivity contribution < 1.29 is 14.3 Å². The van der Waals surface area contributed by atoms with Crippen LogP contribution in [-0.2, 0) is 0 Å². The van der Waals surface area contributed by atoms with E-state index in [1.165, 1.54) is 5.01 Å². The third-order valence-corrected chi connectivity index (χ3v) is 2.54. The SMILES string of the molecule is CC(C)(C)NN(C(=O)Oc1ccccc1C=O)C(C)(C)C. The number of rotatable bonds is 3. The maximum absolute atomic E-state index is 12.4. The smallest absolute Gasteiger partial charge is 0.408 e. The lowest BCUT2D eigenvalue weighted by Crippen LogP contribution is -2.60. The van der Waals surface area contributed by atoms with Crippen molar-refractivity contribution in [3.05, 3.63) is 29.8 Å². The molecule has 1 amide bonds. The van der Waals surface area contributed by atoms with Crippen molar-refractivity contribution in [3.63, 3.8) is 0 Å². The lowest BCUT2D eigenvalue weighted by molar-refractivity contribution is 0.0432. The Morgan fingerprint density at radius 3 is 2.19 bits per heavy atom. The molecule has 0 atom stereocenters. The van der Waals surface area contributed by atoms with Crippen molar-refractivity contribution in [2.24, 2.45) is 0 Å². The van der Waals surface area contributed by atoms with Crippen LogP contribution in [0.4, 0.5) is 4.79 Å². The number of amides is 1. The lowest BCUT2D eigenvalue weighted by Gasteiger charge is -2.39. The van der Waals surface area contributed by atoms with E-state index in [0.29, 0.717) is 11.8 Å². The Kier molecular flexibility index (Phi) is 5.12. The van der Waals surface area contributed by atoms with E-state index in [0.717, 1.165) is 0 Å². The van der Waals surface area contributed by atoms with Gasteiger partial charge in [-0.05, 0) is 53.7 Å². The maximum atomic E-state index is 12.4. The molecule has 1 aromatic carbocycles. The van der Waals surface area contributed by atoms with E-state index in [1.807, 2.05) is 41.5 Å². The van der Waals surface area contributed by atoms with Gasteiger partial charge in [-0.25, -0.2) is 15.2 Å². The molecule has 5 nitrogen and oxygen atoms in total. The Balaban J connectivity index is 2.99. The first-order valence-corrected chi connectivity index (χ1v) is 6.88. The molecule has 0 saturated heterocycles. The van der Waals surface area contributed by atoms with Gasteiger partial charge in [-0.1, -0.05) is 12.1 Å². The summed E-state index contributed by atoms with van der Waals surface area (Å²) in [7, 11) is 0.